The van der Waals surface area contributed by atoms with Crippen molar-refractivity contribution in [1.29, 1.82) is 0 Å². The van der Waals surface area contributed by atoms with Crippen molar-refractivity contribution in [2.75, 3.05) is 0 Å². The molecule has 0 spiro atoms. The Morgan fingerprint density at radius 3 is 2.67 bits per heavy atom. The Morgan fingerprint density at radius 1 is 1.40 bits per heavy atom. The van der Waals surface area contributed by atoms with Gasteiger partial charge in [0.25, 0.3) is 0 Å². The molecule has 3 rings (SSSR count). The summed E-state index contributed by atoms with van der Waals surface area (Å²) in [5.74, 6) is -0.608. The summed E-state index contributed by atoms with van der Waals surface area (Å²) < 4.78 is 38.8. The minimum atomic E-state index is -4.46. The summed E-state index contributed by atoms with van der Waals surface area (Å²) in [6.45, 7) is 0. The summed E-state index contributed by atoms with van der Waals surface area (Å²) in [7, 11) is 1.39. The van der Waals surface area contributed by atoms with Crippen molar-refractivity contribution in [1.82, 2.24) is 9.78 Å². The Balaban J connectivity index is 2.25. The lowest BCUT2D eigenvalue weighted by Crippen LogP contribution is -2.09. The van der Waals surface area contributed by atoms with Crippen LogP contribution in [-0.2, 0) is 13.2 Å². The van der Waals surface area contributed by atoms with Crippen molar-refractivity contribution in [3.8, 4) is 0 Å². The molecule has 80 valence electrons. The minimum Gasteiger partial charge on any atom is -0.292 e. The second-order valence-electron chi connectivity index (χ2n) is 4.05. The maximum absolute atomic E-state index is 12.6. The predicted molar refractivity (Wildman–Crippen MR) is 43.4 cm³/mol. The molecule has 3 nitrogen and oxygen atoms in total. The molecule has 2 aliphatic rings. The quantitative estimate of drug-likeness (QED) is 0.662. The Morgan fingerprint density at radius 2 is 2.07 bits per heavy atom. The van der Waals surface area contributed by atoms with Crippen LogP contribution in [-0.4, -0.2) is 15.6 Å². The van der Waals surface area contributed by atoms with E-state index >= 15 is 0 Å². The summed E-state index contributed by atoms with van der Waals surface area (Å²) in [6, 6.07) is 0. The van der Waals surface area contributed by atoms with Gasteiger partial charge in [-0.2, -0.15) is 18.3 Å². The number of fused-ring (bicyclic) bond motifs is 3. The van der Waals surface area contributed by atoms with Crippen molar-refractivity contribution in [3.05, 3.63) is 17.0 Å². The average Bonchev–Trinajstić information content (AvgIpc) is 2.73. The lowest BCUT2D eigenvalue weighted by Gasteiger charge is -2.03. The highest BCUT2D eigenvalue weighted by atomic mass is 19.4. The Labute approximate surface area is 82.9 Å². The molecule has 0 amide bonds. The molecular formula is C9H7F3N2O. The summed E-state index contributed by atoms with van der Waals surface area (Å²) >= 11 is 0. The zero-order valence-electron chi connectivity index (χ0n) is 7.80. The molecule has 1 fully saturated rings. The van der Waals surface area contributed by atoms with Gasteiger partial charge in [-0.05, 0) is 12.3 Å². The second kappa shape index (κ2) is 2.25. The largest absolute Gasteiger partial charge is 0.435 e. The van der Waals surface area contributed by atoms with Crippen LogP contribution in [0.3, 0.4) is 0 Å². The van der Waals surface area contributed by atoms with E-state index in [1.54, 1.807) is 0 Å². The van der Waals surface area contributed by atoms with Crippen LogP contribution in [0.4, 0.5) is 13.2 Å². The van der Waals surface area contributed by atoms with Crippen LogP contribution >= 0.6 is 0 Å². The molecule has 1 heterocycles. The van der Waals surface area contributed by atoms with E-state index < -0.39 is 11.9 Å². The number of hydrogen-bond acceptors (Lipinski definition) is 2. The number of hydrogen-bond donors (Lipinski definition) is 0. The zero-order valence-corrected chi connectivity index (χ0v) is 7.80. The van der Waals surface area contributed by atoms with Crippen LogP contribution < -0.4 is 0 Å². The van der Waals surface area contributed by atoms with Gasteiger partial charge in [-0.25, -0.2) is 0 Å². The van der Waals surface area contributed by atoms with E-state index in [1.165, 1.54) is 7.05 Å². The fraction of sp³-hybridized carbons (Fsp3) is 0.556. The zero-order chi connectivity index (χ0) is 11.0. The molecule has 0 bridgehead atoms. The minimum absolute atomic E-state index is 0.125. The van der Waals surface area contributed by atoms with Gasteiger partial charge >= 0.3 is 6.18 Å². The number of alkyl halides is 3. The number of nitrogens with zero attached hydrogens (tertiary/aromatic N) is 2. The van der Waals surface area contributed by atoms with Crippen molar-refractivity contribution in [3.63, 3.8) is 0 Å². The molecule has 0 radical (unpaired) electrons. The topological polar surface area (TPSA) is 34.9 Å². The number of aryl methyl sites for hydroxylation is 1. The van der Waals surface area contributed by atoms with Crippen LogP contribution in [0.25, 0.3) is 0 Å². The highest BCUT2D eigenvalue weighted by Crippen LogP contribution is 2.58. The molecule has 6 heteroatoms. The standard InChI is InChI=1S/C9H7F3N2O/c1-14-6-5(3-2-4(3)7(6)15)8(13-14)9(10,11)12/h3-4H,2H2,1H3. The maximum Gasteiger partial charge on any atom is 0.435 e. The number of aromatic nitrogens is 2. The predicted octanol–water partition coefficient (Wildman–Crippen LogP) is 1.74. The first-order valence-electron chi connectivity index (χ1n) is 4.59. The second-order valence-corrected chi connectivity index (χ2v) is 4.05. The summed E-state index contributed by atoms with van der Waals surface area (Å²) in [5, 5.41) is 3.40. The Bertz CT molecular complexity index is 474. The smallest absolute Gasteiger partial charge is 0.292 e. The van der Waals surface area contributed by atoms with Crippen molar-refractivity contribution in [2.45, 2.75) is 18.5 Å². The highest BCUT2D eigenvalue weighted by molar-refractivity contribution is 6.04. The summed E-state index contributed by atoms with van der Waals surface area (Å²) in [6.07, 6.45) is -3.90. The molecule has 2 unspecified atom stereocenters. The van der Waals surface area contributed by atoms with Gasteiger partial charge in [-0.1, -0.05) is 0 Å². The van der Waals surface area contributed by atoms with Gasteiger partial charge in [0.1, 0.15) is 5.69 Å². The van der Waals surface area contributed by atoms with Crippen LogP contribution in [0.15, 0.2) is 0 Å². The van der Waals surface area contributed by atoms with E-state index in [0.717, 1.165) is 4.68 Å². The molecule has 0 aromatic carbocycles. The summed E-state index contributed by atoms with van der Waals surface area (Å²) in [5.41, 5.74) is -0.595. The van der Waals surface area contributed by atoms with E-state index in [9.17, 15) is 18.0 Å². The van der Waals surface area contributed by atoms with Gasteiger partial charge < -0.3 is 0 Å². The Kier molecular flexibility index (Phi) is 1.34. The van der Waals surface area contributed by atoms with Gasteiger partial charge in [-0.3, -0.25) is 9.48 Å². The molecule has 0 N–H and O–H groups in total. The number of ketones is 1. The van der Waals surface area contributed by atoms with E-state index in [4.69, 9.17) is 0 Å². The normalized spacial score (nSPS) is 27.9. The Hall–Kier alpha value is -1.33. The number of halogens is 3. The van der Waals surface area contributed by atoms with Gasteiger partial charge in [0.05, 0.1) is 0 Å². The monoisotopic (exact) mass is 216 g/mol. The molecule has 1 saturated carbocycles. The molecule has 0 aliphatic heterocycles. The summed E-state index contributed by atoms with van der Waals surface area (Å²) in [4.78, 5) is 11.6. The van der Waals surface area contributed by atoms with Gasteiger partial charge in [-0.15, -0.1) is 0 Å². The van der Waals surface area contributed by atoms with Crippen LogP contribution in [0.5, 0.6) is 0 Å². The fourth-order valence-electron chi connectivity index (χ4n) is 2.37. The molecular weight excluding hydrogens is 209 g/mol. The van der Waals surface area contributed by atoms with E-state index in [0.29, 0.717) is 6.42 Å². The molecule has 15 heavy (non-hydrogen) atoms. The van der Waals surface area contributed by atoms with Gasteiger partial charge in [0.15, 0.2) is 11.5 Å². The van der Waals surface area contributed by atoms with Gasteiger partial charge in [0, 0.05) is 18.5 Å². The third-order valence-electron chi connectivity index (χ3n) is 3.08. The number of carbonyl (C=O) groups excluding carboxylic acids is 1. The molecule has 2 atom stereocenters. The average molecular weight is 216 g/mol. The van der Waals surface area contributed by atoms with Gasteiger partial charge in [0.2, 0.25) is 0 Å². The highest BCUT2D eigenvalue weighted by Gasteiger charge is 2.58. The van der Waals surface area contributed by atoms with Crippen molar-refractivity contribution in [2.24, 2.45) is 13.0 Å². The van der Waals surface area contributed by atoms with Crippen LogP contribution in [0.1, 0.15) is 34.1 Å². The SMILES string of the molecule is Cn1nc(C(F)(F)F)c2c1C(=O)C1CC21. The van der Waals surface area contributed by atoms with Crippen LogP contribution in [0, 0.1) is 5.92 Å². The van der Waals surface area contributed by atoms with E-state index in [-0.39, 0.29) is 28.9 Å². The number of Topliss-reactive ketones (excluding diaryl/α,β-unsaturated/α-hetero) is 1. The lowest BCUT2D eigenvalue weighted by molar-refractivity contribution is -0.142. The molecule has 2 aliphatic carbocycles. The maximum atomic E-state index is 12.6. The fourth-order valence-corrected chi connectivity index (χ4v) is 2.37. The first-order chi connectivity index (χ1) is 6.91. The first kappa shape index (κ1) is 8.94. The third kappa shape index (κ3) is 0.965. The van der Waals surface area contributed by atoms with Crippen LogP contribution in [0.2, 0.25) is 0 Å². The lowest BCUT2D eigenvalue weighted by atomic mass is 10.1. The van der Waals surface area contributed by atoms with Crippen molar-refractivity contribution >= 4 is 5.78 Å². The number of carbonyl (C=O) groups is 1. The van der Waals surface area contributed by atoms with Crippen molar-refractivity contribution < 1.29 is 18.0 Å². The third-order valence-corrected chi connectivity index (χ3v) is 3.08. The number of rotatable bonds is 0. The molecule has 1 aromatic rings. The van der Waals surface area contributed by atoms with E-state index in [1.807, 2.05) is 0 Å². The first-order valence-corrected chi connectivity index (χ1v) is 4.59. The molecule has 1 aromatic heterocycles. The van der Waals surface area contributed by atoms with E-state index in [2.05, 4.69) is 5.10 Å². The molecule has 0 saturated heterocycles.